The SMILES string of the molecule is COC(=O)/C(C#N)=C/c1cccc(Oc2ccc(Cl)cc2)c1. The van der Waals surface area contributed by atoms with Crippen molar-refractivity contribution in [3.8, 4) is 17.6 Å². The molecule has 0 N–H and O–H groups in total. The number of hydrogen-bond acceptors (Lipinski definition) is 4. The third-order valence-electron chi connectivity index (χ3n) is 2.74. The number of methoxy groups -OCH3 is 1. The van der Waals surface area contributed by atoms with Gasteiger partial charge in [0.25, 0.3) is 0 Å². The average molecular weight is 314 g/mol. The number of nitriles is 1. The largest absolute Gasteiger partial charge is 0.465 e. The zero-order valence-electron chi connectivity index (χ0n) is 11.7. The zero-order chi connectivity index (χ0) is 15.9. The van der Waals surface area contributed by atoms with Gasteiger partial charge in [0.1, 0.15) is 23.1 Å². The van der Waals surface area contributed by atoms with E-state index in [1.54, 1.807) is 48.5 Å². The predicted molar refractivity (Wildman–Crippen MR) is 83.6 cm³/mol. The molecule has 0 bridgehead atoms. The standard InChI is InChI=1S/C17H12ClNO3/c1-21-17(20)13(11-19)9-12-3-2-4-16(10-12)22-15-7-5-14(18)6-8-15/h2-10H,1H3/b13-9+. The molecule has 0 atom stereocenters. The summed E-state index contributed by atoms with van der Waals surface area (Å²) < 4.78 is 10.2. The summed E-state index contributed by atoms with van der Waals surface area (Å²) in [6, 6.07) is 15.8. The second kappa shape index (κ2) is 7.30. The number of hydrogen-bond donors (Lipinski definition) is 0. The first-order valence-corrected chi connectivity index (χ1v) is 6.74. The van der Waals surface area contributed by atoms with Crippen LogP contribution in [0.4, 0.5) is 0 Å². The van der Waals surface area contributed by atoms with Crippen LogP contribution in [0.1, 0.15) is 5.56 Å². The van der Waals surface area contributed by atoms with Crippen molar-refractivity contribution in [2.45, 2.75) is 0 Å². The first kappa shape index (κ1) is 15.6. The molecule has 0 fully saturated rings. The van der Waals surface area contributed by atoms with E-state index >= 15 is 0 Å². The predicted octanol–water partition coefficient (Wildman–Crippen LogP) is 4.21. The molecule has 0 saturated carbocycles. The third-order valence-corrected chi connectivity index (χ3v) is 3.00. The summed E-state index contributed by atoms with van der Waals surface area (Å²) in [5.41, 5.74) is 0.583. The van der Waals surface area contributed by atoms with Gasteiger partial charge >= 0.3 is 5.97 Å². The molecule has 0 saturated heterocycles. The minimum Gasteiger partial charge on any atom is -0.465 e. The number of nitrogens with zero attached hydrogens (tertiary/aromatic N) is 1. The summed E-state index contributed by atoms with van der Waals surface area (Å²) in [5.74, 6) is 0.545. The minimum atomic E-state index is -0.675. The smallest absolute Gasteiger partial charge is 0.348 e. The van der Waals surface area contributed by atoms with E-state index in [0.717, 1.165) is 0 Å². The zero-order valence-corrected chi connectivity index (χ0v) is 12.5. The number of carbonyl (C=O) groups is 1. The van der Waals surface area contributed by atoms with E-state index < -0.39 is 5.97 Å². The first-order valence-electron chi connectivity index (χ1n) is 6.36. The summed E-state index contributed by atoms with van der Waals surface area (Å²) in [7, 11) is 1.23. The van der Waals surface area contributed by atoms with Gasteiger partial charge in [0, 0.05) is 5.02 Å². The Labute approximate surface area is 133 Å². The van der Waals surface area contributed by atoms with Crippen LogP contribution in [0.3, 0.4) is 0 Å². The molecule has 0 aromatic heterocycles. The van der Waals surface area contributed by atoms with Gasteiger partial charge in [-0.15, -0.1) is 0 Å². The lowest BCUT2D eigenvalue weighted by atomic mass is 10.1. The van der Waals surface area contributed by atoms with E-state index in [1.165, 1.54) is 13.2 Å². The maximum absolute atomic E-state index is 11.4. The van der Waals surface area contributed by atoms with Crippen LogP contribution in [0.25, 0.3) is 6.08 Å². The van der Waals surface area contributed by atoms with Crippen molar-refractivity contribution in [1.29, 1.82) is 5.26 Å². The maximum Gasteiger partial charge on any atom is 0.348 e. The molecule has 2 aromatic rings. The van der Waals surface area contributed by atoms with Gasteiger partial charge in [-0.2, -0.15) is 5.26 Å². The van der Waals surface area contributed by atoms with Crippen molar-refractivity contribution in [2.24, 2.45) is 0 Å². The van der Waals surface area contributed by atoms with Crippen LogP contribution in [-0.2, 0) is 9.53 Å². The fourth-order valence-electron chi connectivity index (χ4n) is 1.72. The Morgan fingerprint density at radius 3 is 2.55 bits per heavy atom. The van der Waals surface area contributed by atoms with Gasteiger partial charge in [-0.05, 0) is 48.0 Å². The van der Waals surface area contributed by atoms with Gasteiger partial charge in [-0.25, -0.2) is 4.79 Å². The maximum atomic E-state index is 11.4. The van der Waals surface area contributed by atoms with Gasteiger partial charge in [-0.1, -0.05) is 23.7 Å². The van der Waals surface area contributed by atoms with Crippen molar-refractivity contribution in [2.75, 3.05) is 7.11 Å². The van der Waals surface area contributed by atoms with Crippen molar-refractivity contribution >= 4 is 23.6 Å². The monoisotopic (exact) mass is 313 g/mol. The molecule has 2 rings (SSSR count). The van der Waals surface area contributed by atoms with E-state index in [2.05, 4.69) is 4.74 Å². The molecule has 110 valence electrons. The Morgan fingerprint density at radius 1 is 1.18 bits per heavy atom. The Bertz CT molecular complexity index is 745. The van der Waals surface area contributed by atoms with E-state index in [1.807, 2.05) is 6.07 Å². The van der Waals surface area contributed by atoms with E-state index in [4.69, 9.17) is 21.6 Å². The molecular weight excluding hydrogens is 302 g/mol. The van der Waals surface area contributed by atoms with Crippen molar-refractivity contribution < 1.29 is 14.3 Å². The molecule has 5 heteroatoms. The topological polar surface area (TPSA) is 59.3 Å². The van der Waals surface area contributed by atoms with Gasteiger partial charge in [0.15, 0.2) is 0 Å². The quantitative estimate of drug-likeness (QED) is 0.482. The highest BCUT2D eigenvalue weighted by molar-refractivity contribution is 6.30. The van der Waals surface area contributed by atoms with Crippen molar-refractivity contribution in [3.05, 3.63) is 64.7 Å². The summed E-state index contributed by atoms with van der Waals surface area (Å²) in [6.45, 7) is 0. The molecule has 4 nitrogen and oxygen atoms in total. The van der Waals surface area contributed by atoms with Gasteiger partial charge in [0.2, 0.25) is 0 Å². The Morgan fingerprint density at radius 2 is 1.91 bits per heavy atom. The minimum absolute atomic E-state index is 0.0776. The molecule has 0 aliphatic rings. The molecule has 0 amide bonds. The Kier molecular flexibility index (Phi) is 5.18. The average Bonchev–Trinajstić information content (AvgIpc) is 2.54. The number of carbonyl (C=O) groups excluding carboxylic acids is 1. The highest BCUT2D eigenvalue weighted by Crippen LogP contribution is 2.24. The summed E-state index contributed by atoms with van der Waals surface area (Å²) >= 11 is 5.82. The lowest BCUT2D eigenvalue weighted by Crippen LogP contribution is -2.02. The lowest BCUT2D eigenvalue weighted by molar-refractivity contribution is -0.135. The number of esters is 1. The summed E-state index contributed by atoms with van der Waals surface area (Å²) in [5, 5.41) is 9.58. The number of ether oxygens (including phenoxy) is 2. The molecule has 0 aliphatic heterocycles. The molecule has 0 spiro atoms. The Hall–Kier alpha value is -2.77. The number of halogens is 1. The second-order valence-corrected chi connectivity index (χ2v) is 4.73. The molecule has 0 heterocycles. The lowest BCUT2D eigenvalue weighted by Gasteiger charge is -2.06. The highest BCUT2D eigenvalue weighted by atomic mass is 35.5. The van der Waals surface area contributed by atoms with Gasteiger partial charge < -0.3 is 9.47 Å². The number of benzene rings is 2. The van der Waals surface area contributed by atoms with Gasteiger partial charge in [0.05, 0.1) is 7.11 Å². The van der Waals surface area contributed by atoms with Gasteiger partial charge in [-0.3, -0.25) is 0 Å². The summed E-state index contributed by atoms with van der Waals surface area (Å²) in [6.07, 6.45) is 1.44. The van der Waals surface area contributed by atoms with Crippen molar-refractivity contribution in [1.82, 2.24) is 0 Å². The van der Waals surface area contributed by atoms with Crippen molar-refractivity contribution in [3.63, 3.8) is 0 Å². The van der Waals surface area contributed by atoms with E-state index in [0.29, 0.717) is 22.1 Å². The third kappa shape index (κ3) is 4.11. The highest BCUT2D eigenvalue weighted by Gasteiger charge is 2.08. The molecule has 0 aliphatic carbocycles. The van der Waals surface area contributed by atoms with E-state index in [-0.39, 0.29) is 5.57 Å². The van der Waals surface area contributed by atoms with Crippen LogP contribution >= 0.6 is 11.6 Å². The first-order chi connectivity index (χ1) is 10.6. The van der Waals surface area contributed by atoms with Crippen LogP contribution in [0.2, 0.25) is 5.02 Å². The normalized spacial score (nSPS) is 10.7. The van der Waals surface area contributed by atoms with Crippen LogP contribution in [0, 0.1) is 11.3 Å². The number of rotatable bonds is 4. The molecule has 0 radical (unpaired) electrons. The van der Waals surface area contributed by atoms with Crippen LogP contribution in [-0.4, -0.2) is 13.1 Å². The Balaban J connectivity index is 2.23. The van der Waals surface area contributed by atoms with Crippen LogP contribution < -0.4 is 4.74 Å². The van der Waals surface area contributed by atoms with Crippen LogP contribution in [0.5, 0.6) is 11.5 Å². The fourth-order valence-corrected chi connectivity index (χ4v) is 1.85. The molecule has 0 unspecified atom stereocenters. The van der Waals surface area contributed by atoms with Crippen LogP contribution in [0.15, 0.2) is 54.1 Å². The molecule has 2 aromatic carbocycles. The summed E-state index contributed by atoms with van der Waals surface area (Å²) in [4.78, 5) is 11.4. The molecular formula is C17H12ClNO3. The fraction of sp³-hybridized carbons (Fsp3) is 0.0588. The second-order valence-electron chi connectivity index (χ2n) is 4.29. The molecule has 22 heavy (non-hydrogen) atoms. The van der Waals surface area contributed by atoms with E-state index in [9.17, 15) is 4.79 Å².